The molecule has 5 nitrogen and oxygen atoms in total. The second-order valence-corrected chi connectivity index (χ2v) is 4.40. The van der Waals surface area contributed by atoms with Gasteiger partial charge in [-0.1, -0.05) is 30.3 Å². The molecular formula is C16H15NO4. The Kier molecular flexibility index (Phi) is 4.68. The molecule has 21 heavy (non-hydrogen) atoms. The molecule has 1 atom stereocenters. The molecule has 0 saturated heterocycles. The van der Waals surface area contributed by atoms with Crippen LogP contribution in [0.3, 0.4) is 0 Å². The summed E-state index contributed by atoms with van der Waals surface area (Å²) in [6.45, 7) is -0.0675. The molecule has 0 bridgehead atoms. The van der Waals surface area contributed by atoms with Crippen molar-refractivity contribution in [2.75, 3.05) is 6.54 Å². The maximum atomic E-state index is 11.4. The van der Waals surface area contributed by atoms with Gasteiger partial charge in [-0.15, -0.1) is 0 Å². The number of rotatable bonds is 6. The molecule has 0 aliphatic carbocycles. The molecule has 2 rings (SSSR count). The van der Waals surface area contributed by atoms with Gasteiger partial charge >= 0.3 is 5.97 Å². The second-order valence-electron chi connectivity index (χ2n) is 4.40. The van der Waals surface area contributed by atoms with Crippen molar-refractivity contribution in [2.45, 2.75) is 6.10 Å². The fraction of sp³-hybridized carbons (Fsp3) is 0.125. The summed E-state index contributed by atoms with van der Waals surface area (Å²) in [5.41, 5.74) is 6.30. The van der Waals surface area contributed by atoms with E-state index in [9.17, 15) is 14.7 Å². The quantitative estimate of drug-likeness (QED) is 0.793. The zero-order valence-electron chi connectivity index (χ0n) is 11.2. The molecule has 0 aliphatic heterocycles. The van der Waals surface area contributed by atoms with Crippen molar-refractivity contribution >= 4 is 11.8 Å². The summed E-state index contributed by atoms with van der Waals surface area (Å²) in [5.74, 6) is -0.887. The Morgan fingerprint density at radius 1 is 1.05 bits per heavy atom. The van der Waals surface area contributed by atoms with E-state index in [2.05, 4.69) is 0 Å². The van der Waals surface area contributed by atoms with E-state index >= 15 is 0 Å². The monoisotopic (exact) mass is 285 g/mol. The van der Waals surface area contributed by atoms with Gasteiger partial charge in [-0.2, -0.15) is 0 Å². The van der Waals surface area contributed by atoms with E-state index in [-0.39, 0.29) is 12.3 Å². The maximum Gasteiger partial charge on any atom is 0.349 e. The van der Waals surface area contributed by atoms with Crippen LogP contribution in [0.4, 0.5) is 0 Å². The van der Waals surface area contributed by atoms with Gasteiger partial charge in [0.15, 0.2) is 5.78 Å². The van der Waals surface area contributed by atoms with Crippen molar-refractivity contribution in [3.8, 4) is 5.75 Å². The lowest BCUT2D eigenvalue weighted by atomic mass is 10.1. The molecule has 3 N–H and O–H groups in total. The molecule has 2 aromatic rings. The lowest BCUT2D eigenvalue weighted by Crippen LogP contribution is -2.18. The van der Waals surface area contributed by atoms with Crippen molar-refractivity contribution in [1.29, 1.82) is 0 Å². The number of aliphatic carboxylic acids is 1. The molecule has 5 heteroatoms. The highest BCUT2D eigenvalue weighted by Gasteiger charge is 2.21. The number of benzene rings is 2. The first-order chi connectivity index (χ1) is 10.1. The van der Waals surface area contributed by atoms with Crippen LogP contribution in [0.15, 0.2) is 54.6 Å². The van der Waals surface area contributed by atoms with Gasteiger partial charge in [0.2, 0.25) is 6.10 Å². The summed E-state index contributed by atoms with van der Waals surface area (Å²) in [6.07, 6.45) is -1.10. The number of carboxylic acids is 1. The zero-order chi connectivity index (χ0) is 15.2. The molecule has 2 aromatic carbocycles. The van der Waals surface area contributed by atoms with Gasteiger partial charge in [-0.3, -0.25) is 4.79 Å². The van der Waals surface area contributed by atoms with Gasteiger partial charge in [-0.05, 0) is 24.3 Å². The summed E-state index contributed by atoms with van der Waals surface area (Å²) >= 11 is 0. The Hall–Kier alpha value is -2.66. The number of ether oxygens (including phenoxy) is 1. The Labute approximate surface area is 122 Å². The van der Waals surface area contributed by atoms with Gasteiger partial charge in [0.05, 0.1) is 6.54 Å². The molecule has 0 aromatic heterocycles. The van der Waals surface area contributed by atoms with Crippen LogP contribution in [0, 0.1) is 0 Å². The first kappa shape index (κ1) is 14.7. The molecule has 0 amide bonds. The highest BCUT2D eigenvalue weighted by atomic mass is 16.5. The average molecular weight is 285 g/mol. The molecule has 0 saturated carbocycles. The van der Waals surface area contributed by atoms with E-state index in [0.29, 0.717) is 16.9 Å². The molecule has 0 spiro atoms. The third-order valence-electron chi connectivity index (χ3n) is 2.94. The number of carbonyl (C=O) groups excluding carboxylic acids is 1. The summed E-state index contributed by atoms with van der Waals surface area (Å²) in [6, 6.07) is 14.9. The fourth-order valence-electron chi connectivity index (χ4n) is 1.86. The number of hydrogen-bond donors (Lipinski definition) is 2. The average Bonchev–Trinajstić information content (AvgIpc) is 2.53. The topological polar surface area (TPSA) is 89.6 Å². The molecular weight excluding hydrogens is 270 g/mol. The highest BCUT2D eigenvalue weighted by molar-refractivity contribution is 5.97. The first-order valence-corrected chi connectivity index (χ1v) is 6.39. The number of Topliss-reactive ketones (excluding diaryl/α,β-unsaturated/α-hetero) is 1. The van der Waals surface area contributed by atoms with Crippen molar-refractivity contribution in [3.63, 3.8) is 0 Å². The number of nitrogens with two attached hydrogens (primary N) is 1. The van der Waals surface area contributed by atoms with E-state index in [1.807, 2.05) is 0 Å². The third-order valence-corrected chi connectivity index (χ3v) is 2.94. The Balaban J connectivity index is 2.18. The SMILES string of the molecule is NCC(=O)c1ccc(OC(C(=O)O)c2ccccc2)cc1. The van der Waals surface area contributed by atoms with Crippen molar-refractivity contribution < 1.29 is 19.4 Å². The van der Waals surface area contributed by atoms with E-state index in [4.69, 9.17) is 10.5 Å². The summed E-state index contributed by atoms with van der Waals surface area (Å²) in [7, 11) is 0. The predicted octanol–water partition coefficient (Wildman–Crippen LogP) is 2.03. The van der Waals surface area contributed by atoms with Crippen molar-refractivity contribution in [2.24, 2.45) is 5.73 Å². The molecule has 0 aliphatic rings. The molecule has 1 unspecified atom stereocenters. The lowest BCUT2D eigenvalue weighted by molar-refractivity contribution is -0.145. The summed E-state index contributed by atoms with van der Waals surface area (Å²) < 4.78 is 5.49. The first-order valence-electron chi connectivity index (χ1n) is 6.39. The fourth-order valence-corrected chi connectivity index (χ4v) is 1.86. The standard InChI is InChI=1S/C16H15NO4/c17-10-14(18)11-6-8-13(9-7-11)21-15(16(19)20)12-4-2-1-3-5-12/h1-9,15H,10,17H2,(H,19,20). The molecule has 0 heterocycles. The van der Waals surface area contributed by atoms with E-state index in [0.717, 1.165) is 0 Å². The van der Waals surface area contributed by atoms with Gasteiger partial charge in [-0.25, -0.2) is 4.79 Å². The van der Waals surface area contributed by atoms with Crippen LogP contribution in [-0.4, -0.2) is 23.4 Å². The van der Waals surface area contributed by atoms with E-state index in [1.54, 1.807) is 54.6 Å². The van der Waals surface area contributed by atoms with Crippen LogP contribution in [0.25, 0.3) is 0 Å². The van der Waals surface area contributed by atoms with Gasteiger partial charge in [0.25, 0.3) is 0 Å². The zero-order valence-corrected chi connectivity index (χ0v) is 11.2. The van der Waals surface area contributed by atoms with Crippen LogP contribution in [-0.2, 0) is 4.79 Å². The summed E-state index contributed by atoms with van der Waals surface area (Å²) in [4.78, 5) is 22.7. The van der Waals surface area contributed by atoms with Crippen LogP contribution >= 0.6 is 0 Å². The van der Waals surface area contributed by atoms with Crippen LogP contribution in [0.1, 0.15) is 22.0 Å². The smallest absolute Gasteiger partial charge is 0.349 e. The van der Waals surface area contributed by atoms with E-state index < -0.39 is 12.1 Å². The van der Waals surface area contributed by atoms with Gasteiger partial charge in [0.1, 0.15) is 5.75 Å². The van der Waals surface area contributed by atoms with E-state index in [1.165, 1.54) is 0 Å². The second kappa shape index (κ2) is 6.67. The normalized spacial score (nSPS) is 11.7. The molecule has 0 fully saturated rings. The van der Waals surface area contributed by atoms with Crippen LogP contribution in [0.5, 0.6) is 5.75 Å². The van der Waals surface area contributed by atoms with Gasteiger partial charge < -0.3 is 15.6 Å². The van der Waals surface area contributed by atoms with Gasteiger partial charge in [0, 0.05) is 11.1 Å². The highest BCUT2D eigenvalue weighted by Crippen LogP contribution is 2.22. The number of carboxylic acid groups (broad SMARTS) is 1. The Bertz CT molecular complexity index is 622. The van der Waals surface area contributed by atoms with Crippen LogP contribution < -0.4 is 10.5 Å². The minimum Gasteiger partial charge on any atom is -0.478 e. The number of carbonyl (C=O) groups is 2. The minimum atomic E-state index is -1.10. The van der Waals surface area contributed by atoms with Crippen LogP contribution in [0.2, 0.25) is 0 Å². The number of hydrogen-bond acceptors (Lipinski definition) is 4. The summed E-state index contributed by atoms with van der Waals surface area (Å²) in [5, 5.41) is 9.27. The predicted molar refractivity (Wildman–Crippen MR) is 77.3 cm³/mol. The Morgan fingerprint density at radius 3 is 2.19 bits per heavy atom. The lowest BCUT2D eigenvalue weighted by Gasteiger charge is -2.15. The number of ketones is 1. The third kappa shape index (κ3) is 3.67. The van der Waals surface area contributed by atoms with Crippen molar-refractivity contribution in [1.82, 2.24) is 0 Å². The van der Waals surface area contributed by atoms with Crippen molar-refractivity contribution in [3.05, 3.63) is 65.7 Å². The minimum absolute atomic E-state index is 0.0675. The largest absolute Gasteiger partial charge is 0.478 e. The maximum absolute atomic E-state index is 11.4. The Morgan fingerprint density at radius 2 is 1.67 bits per heavy atom. The molecule has 108 valence electrons. The molecule has 0 radical (unpaired) electrons.